The fourth-order valence-electron chi connectivity index (χ4n) is 1.16. The maximum atomic E-state index is 10.7. The second kappa shape index (κ2) is 3.00. The van der Waals surface area contributed by atoms with E-state index in [0.717, 1.165) is 0 Å². The van der Waals surface area contributed by atoms with E-state index in [1.54, 1.807) is 13.8 Å². The molecular formula is C7H11NO4. The molecule has 0 unspecified atom stereocenters. The van der Waals surface area contributed by atoms with Gasteiger partial charge in [0.1, 0.15) is 6.10 Å². The van der Waals surface area contributed by atoms with Crippen molar-refractivity contribution in [2.75, 3.05) is 0 Å². The van der Waals surface area contributed by atoms with Gasteiger partial charge in [-0.05, 0) is 5.92 Å². The third-order valence-corrected chi connectivity index (χ3v) is 1.77. The maximum absolute atomic E-state index is 10.7. The highest BCUT2D eigenvalue weighted by molar-refractivity contribution is 5.83. The SMILES string of the molecule is CC(C)[C@@H]1OC(=O)N[C@H]1C(=O)O. The van der Waals surface area contributed by atoms with Gasteiger partial charge in [-0.3, -0.25) is 0 Å². The van der Waals surface area contributed by atoms with Crippen LogP contribution in [0.3, 0.4) is 0 Å². The molecule has 68 valence electrons. The van der Waals surface area contributed by atoms with E-state index in [2.05, 4.69) is 5.32 Å². The number of carbonyl (C=O) groups is 2. The van der Waals surface area contributed by atoms with Crippen LogP contribution < -0.4 is 5.32 Å². The summed E-state index contributed by atoms with van der Waals surface area (Å²) in [6.45, 7) is 3.61. The second-order valence-electron chi connectivity index (χ2n) is 3.07. The van der Waals surface area contributed by atoms with Crippen LogP contribution in [0.1, 0.15) is 13.8 Å². The summed E-state index contributed by atoms with van der Waals surface area (Å²) < 4.78 is 4.77. The van der Waals surface area contributed by atoms with E-state index in [9.17, 15) is 9.59 Å². The van der Waals surface area contributed by atoms with E-state index >= 15 is 0 Å². The summed E-state index contributed by atoms with van der Waals surface area (Å²) in [5.41, 5.74) is 0. The Morgan fingerprint density at radius 2 is 2.25 bits per heavy atom. The number of aliphatic carboxylic acids is 1. The Morgan fingerprint density at radius 1 is 1.67 bits per heavy atom. The highest BCUT2D eigenvalue weighted by Gasteiger charge is 2.40. The number of hydrogen-bond acceptors (Lipinski definition) is 3. The molecule has 1 aliphatic heterocycles. The smallest absolute Gasteiger partial charge is 0.408 e. The number of rotatable bonds is 2. The largest absolute Gasteiger partial charge is 0.480 e. The number of carboxylic acids is 1. The molecule has 12 heavy (non-hydrogen) atoms. The van der Waals surface area contributed by atoms with Gasteiger partial charge >= 0.3 is 12.1 Å². The second-order valence-corrected chi connectivity index (χ2v) is 3.07. The lowest BCUT2D eigenvalue weighted by atomic mass is 10.0. The zero-order valence-corrected chi connectivity index (χ0v) is 6.90. The molecule has 2 atom stereocenters. The van der Waals surface area contributed by atoms with Crippen LogP contribution in [0.4, 0.5) is 4.79 Å². The predicted octanol–water partition coefficient (Wildman–Crippen LogP) is 0.204. The molecule has 0 bridgehead atoms. The summed E-state index contributed by atoms with van der Waals surface area (Å²) in [4.78, 5) is 21.2. The van der Waals surface area contributed by atoms with Crippen LogP contribution in [0.2, 0.25) is 0 Å². The monoisotopic (exact) mass is 173 g/mol. The van der Waals surface area contributed by atoms with Crippen molar-refractivity contribution in [3.63, 3.8) is 0 Å². The Kier molecular flexibility index (Phi) is 2.21. The Bertz CT molecular complexity index is 213. The first-order valence-electron chi connectivity index (χ1n) is 3.72. The summed E-state index contributed by atoms with van der Waals surface area (Å²) >= 11 is 0. The first kappa shape index (κ1) is 8.83. The fraction of sp³-hybridized carbons (Fsp3) is 0.714. The molecular weight excluding hydrogens is 162 g/mol. The van der Waals surface area contributed by atoms with Crippen LogP contribution in [-0.2, 0) is 9.53 Å². The number of ether oxygens (including phenoxy) is 1. The van der Waals surface area contributed by atoms with Crippen LogP contribution in [0.5, 0.6) is 0 Å². The van der Waals surface area contributed by atoms with Crippen molar-refractivity contribution in [3.05, 3.63) is 0 Å². The van der Waals surface area contributed by atoms with E-state index in [-0.39, 0.29) is 5.92 Å². The summed E-state index contributed by atoms with van der Waals surface area (Å²) in [6, 6.07) is -0.905. The van der Waals surface area contributed by atoms with Crippen LogP contribution in [0.25, 0.3) is 0 Å². The molecule has 1 saturated heterocycles. The van der Waals surface area contributed by atoms with Crippen LogP contribution in [0, 0.1) is 5.92 Å². The molecule has 0 aliphatic carbocycles. The number of cyclic esters (lactones) is 1. The number of nitrogens with one attached hydrogen (secondary N) is 1. The number of hydrogen-bond donors (Lipinski definition) is 2. The Morgan fingerprint density at radius 3 is 2.58 bits per heavy atom. The summed E-state index contributed by atoms with van der Waals surface area (Å²) in [7, 11) is 0. The van der Waals surface area contributed by atoms with Crippen molar-refractivity contribution in [2.24, 2.45) is 5.92 Å². The Balaban J connectivity index is 2.72. The zero-order valence-electron chi connectivity index (χ0n) is 6.90. The third kappa shape index (κ3) is 1.49. The number of carbonyl (C=O) groups excluding carboxylic acids is 1. The van der Waals surface area contributed by atoms with Gasteiger partial charge < -0.3 is 15.2 Å². The fourth-order valence-corrected chi connectivity index (χ4v) is 1.16. The molecule has 1 rings (SSSR count). The van der Waals surface area contributed by atoms with Gasteiger partial charge in [0.25, 0.3) is 0 Å². The molecule has 0 spiro atoms. The quantitative estimate of drug-likeness (QED) is 0.625. The van der Waals surface area contributed by atoms with Crippen molar-refractivity contribution >= 4 is 12.1 Å². The van der Waals surface area contributed by atoms with Gasteiger partial charge in [-0.25, -0.2) is 9.59 Å². The summed E-state index contributed by atoms with van der Waals surface area (Å²) in [6.07, 6.45) is -1.21. The average Bonchev–Trinajstić information content (AvgIpc) is 2.31. The standard InChI is InChI=1S/C7H11NO4/c1-3(2)5-4(6(9)10)8-7(11)12-5/h3-5H,1-2H3,(H,8,11)(H,9,10)/t4-,5+/m1/s1. The van der Waals surface area contributed by atoms with Crippen molar-refractivity contribution in [2.45, 2.75) is 26.0 Å². The van der Waals surface area contributed by atoms with E-state index in [4.69, 9.17) is 9.84 Å². The maximum Gasteiger partial charge on any atom is 0.408 e. The molecule has 0 aromatic heterocycles. The lowest BCUT2D eigenvalue weighted by Gasteiger charge is -2.15. The van der Waals surface area contributed by atoms with Gasteiger partial charge in [-0.15, -0.1) is 0 Å². The topological polar surface area (TPSA) is 75.6 Å². The minimum absolute atomic E-state index is 0.00468. The van der Waals surface area contributed by atoms with Crippen molar-refractivity contribution < 1.29 is 19.4 Å². The first-order valence-corrected chi connectivity index (χ1v) is 3.72. The van der Waals surface area contributed by atoms with Gasteiger partial charge in [-0.1, -0.05) is 13.8 Å². The van der Waals surface area contributed by atoms with E-state index < -0.39 is 24.2 Å². The van der Waals surface area contributed by atoms with Gasteiger partial charge in [-0.2, -0.15) is 0 Å². The normalized spacial score (nSPS) is 28.4. The molecule has 5 heteroatoms. The van der Waals surface area contributed by atoms with Gasteiger partial charge in [0, 0.05) is 0 Å². The lowest BCUT2D eigenvalue weighted by Crippen LogP contribution is -2.41. The van der Waals surface area contributed by atoms with Gasteiger partial charge in [0.2, 0.25) is 0 Å². The molecule has 0 saturated carbocycles. The van der Waals surface area contributed by atoms with Gasteiger partial charge in [0.05, 0.1) is 0 Å². The minimum Gasteiger partial charge on any atom is -0.480 e. The van der Waals surface area contributed by atoms with Crippen LogP contribution >= 0.6 is 0 Å². The van der Waals surface area contributed by atoms with E-state index in [1.807, 2.05) is 0 Å². The molecule has 5 nitrogen and oxygen atoms in total. The molecule has 2 N–H and O–H groups in total. The van der Waals surface area contributed by atoms with Gasteiger partial charge in [0.15, 0.2) is 6.04 Å². The van der Waals surface area contributed by atoms with Crippen LogP contribution in [0.15, 0.2) is 0 Å². The highest BCUT2D eigenvalue weighted by Crippen LogP contribution is 2.17. The number of amides is 1. The third-order valence-electron chi connectivity index (χ3n) is 1.77. The average molecular weight is 173 g/mol. The Hall–Kier alpha value is -1.26. The molecule has 0 radical (unpaired) electrons. The lowest BCUT2D eigenvalue weighted by molar-refractivity contribution is -0.140. The predicted molar refractivity (Wildman–Crippen MR) is 39.7 cm³/mol. The molecule has 1 heterocycles. The molecule has 0 aromatic rings. The molecule has 0 aromatic carbocycles. The molecule has 1 fully saturated rings. The minimum atomic E-state index is -1.06. The van der Waals surface area contributed by atoms with Crippen molar-refractivity contribution in [3.8, 4) is 0 Å². The van der Waals surface area contributed by atoms with E-state index in [0.29, 0.717) is 0 Å². The highest BCUT2D eigenvalue weighted by atomic mass is 16.6. The van der Waals surface area contributed by atoms with Crippen molar-refractivity contribution in [1.29, 1.82) is 0 Å². The summed E-state index contributed by atoms with van der Waals surface area (Å²) in [5.74, 6) is -1.05. The Labute approximate surface area is 69.7 Å². The molecule has 1 amide bonds. The van der Waals surface area contributed by atoms with Crippen molar-refractivity contribution in [1.82, 2.24) is 5.32 Å². The van der Waals surface area contributed by atoms with E-state index in [1.165, 1.54) is 0 Å². The first-order chi connectivity index (χ1) is 5.52. The zero-order chi connectivity index (χ0) is 9.30. The summed E-state index contributed by atoms with van der Waals surface area (Å²) in [5, 5.41) is 10.9. The number of alkyl carbamates (subject to hydrolysis) is 1. The number of carboxylic acid groups (broad SMARTS) is 1. The molecule has 1 aliphatic rings. The van der Waals surface area contributed by atoms with Crippen LogP contribution in [-0.4, -0.2) is 29.3 Å².